The summed E-state index contributed by atoms with van der Waals surface area (Å²) in [4.78, 5) is 27.6. The first-order chi connectivity index (χ1) is 18.4. The molecule has 198 valence electrons. The SMILES string of the molecule is CCOC(=O)c1c(NC(=O)Cc2ccccc2)sc2c1[C@]1(C)CC[C@@H]3c4ccc(OC)cc4CC[C@H]3[C@@H]1C2. The van der Waals surface area contributed by atoms with E-state index in [9.17, 15) is 9.59 Å². The first-order valence-corrected chi connectivity index (χ1v) is 14.6. The number of ether oxygens (including phenoxy) is 2. The molecule has 1 heterocycles. The smallest absolute Gasteiger partial charge is 0.341 e. The summed E-state index contributed by atoms with van der Waals surface area (Å²) in [5, 5.41) is 3.74. The van der Waals surface area contributed by atoms with Gasteiger partial charge in [-0.1, -0.05) is 43.3 Å². The van der Waals surface area contributed by atoms with Crippen molar-refractivity contribution < 1.29 is 19.1 Å². The molecule has 6 heteroatoms. The van der Waals surface area contributed by atoms with Crippen LogP contribution < -0.4 is 10.1 Å². The van der Waals surface area contributed by atoms with E-state index in [1.165, 1.54) is 16.0 Å². The molecule has 0 saturated heterocycles. The Balaban J connectivity index is 1.31. The third-order valence-corrected chi connectivity index (χ3v) is 10.3. The van der Waals surface area contributed by atoms with Crippen molar-refractivity contribution in [3.05, 3.63) is 81.2 Å². The van der Waals surface area contributed by atoms with Gasteiger partial charge in [-0.25, -0.2) is 4.79 Å². The predicted octanol–water partition coefficient (Wildman–Crippen LogP) is 6.68. The number of benzene rings is 2. The number of methoxy groups -OCH3 is 1. The van der Waals surface area contributed by atoms with Crippen LogP contribution in [0.2, 0.25) is 0 Å². The average molecular weight is 530 g/mol. The van der Waals surface area contributed by atoms with Crippen LogP contribution in [-0.4, -0.2) is 25.6 Å². The maximum Gasteiger partial charge on any atom is 0.341 e. The Hall–Kier alpha value is -3.12. The fourth-order valence-corrected chi connectivity index (χ4v) is 8.96. The molecular formula is C32H35NO4S. The number of carbonyl (C=O) groups excluding carboxylic acids is 2. The number of hydrogen-bond donors (Lipinski definition) is 1. The van der Waals surface area contributed by atoms with Gasteiger partial charge in [0.2, 0.25) is 5.91 Å². The van der Waals surface area contributed by atoms with E-state index in [2.05, 4.69) is 30.4 Å². The normalized spacial score (nSPS) is 25.0. The molecule has 0 spiro atoms. The lowest BCUT2D eigenvalue weighted by Crippen LogP contribution is -2.43. The minimum Gasteiger partial charge on any atom is -0.497 e. The molecule has 1 fully saturated rings. The number of anilines is 1. The Morgan fingerprint density at radius 3 is 2.71 bits per heavy atom. The van der Waals surface area contributed by atoms with Crippen LogP contribution in [0.4, 0.5) is 5.00 Å². The zero-order valence-corrected chi connectivity index (χ0v) is 23.2. The molecule has 0 aliphatic heterocycles. The summed E-state index contributed by atoms with van der Waals surface area (Å²) in [7, 11) is 1.73. The molecule has 6 rings (SSSR count). The van der Waals surface area contributed by atoms with Crippen molar-refractivity contribution in [3.8, 4) is 5.75 Å². The molecule has 0 unspecified atom stereocenters. The van der Waals surface area contributed by atoms with Gasteiger partial charge in [-0.05, 0) is 96.6 Å². The van der Waals surface area contributed by atoms with Crippen molar-refractivity contribution in [2.45, 2.75) is 63.7 Å². The van der Waals surface area contributed by atoms with Gasteiger partial charge in [0.25, 0.3) is 0 Å². The second-order valence-electron chi connectivity index (χ2n) is 11.2. The molecule has 1 amide bonds. The van der Waals surface area contributed by atoms with Crippen LogP contribution in [0.1, 0.15) is 76.5 Å². The number of thiophene rings is 1. The number of rotatable bonds is 6. The van der Waals surface area contributed by atoms with Crippen molar-refractivity contribution >= 4 is 28.2 Å². The van der Waals surface area contributed by atoms with E-state index in [1.54, 1.807) is 18.4 Å². The summed E-state index contributed by atoms with van der Waals surface area (Å²) in [6.07, 6.45) is 5.60. The second kappa shape index (κ2) is 9.88. The van der Waals surface area contributed by atoms with Crippen molar-refractivity contribution in [1.29, 1.82) is 0 Å². The first-order valence-electron chi connectivity index (χ1n) is 13.8. The first kappa shape index (κ1) is 25.2. The number of fused-ring (bicyclic) bond motifs is 7. The Bertz CT molecular complexity index is 1380. The zero-order valence-electron chi connectivity index (χ0n) is 22.3. The molecule has 3 aliphatic carbocycles. The fourth-order valence-electron chi connectivity index (χ4n) is 7.56. The molecule has 3 aromatic rings. The summed E-state index contributed by atoms with van der Waals surface area (Å²) < 4.78 is 11.0. The summed E-state index contributed by atoms with van der Waals surface area (Å²) in [6, 6.07) is 16.3. The van der Waals surface area contributed by atoms with E-state index in [4.69, 9.17) is 9.47 Å². The monoisotopic (exact) mass is 529 g/mol. The third-order valence-electron chi connectivity index (χ3n) is 9.22. The van der Waals surface area contributed by atoms with Crippen molar-refractivity contribution in [1.82, 2.24) is 0 Å². The van der Waals surface area contributed by atoms with Gasteiger partial charge in [-0.15, -0.1) is 11.3 Å². The predicted molar refractivity (Wildman–Crippen MR) is 150 cm³/mol. The molecule has 3 aliphatic rings. The van der Waals surface area contributed by atoms with Gasteiger partial charge in [-0.3, -0.25) is 4.79 Å². The number of amides is 1. The zero-order chi connectivity index (χ0) is 26.4. The van der Waals surface area contributed by atoms with Gasteiger partial charge in [-0.2, -0.15) is 0 Å². The molecule has 0 bridgehead atoms. The summed E-state index contributed by atoms with van der Waals surface area (Å²) in [5.41, 5.74) is 5.50. The van der Waals surface area contributed by atoms with Crippen molar-refractivity contribution in [3.63, 3.8) is 0 Å². The van der Waals surface area contributed by atoms with Gasteiger partial charge in [0.1, 0.15) is 10.8 Å². The molecule has 0 radical (unpaired) electrons. The molecule has 38 heavy (non-hydrogen) atoms. The highest BCUT2D eigenvalue weighted by Gasteiger charge is 2.55. The molecule has 1 saturated carbocycles. The number of carbonyl (C=O) groups is 2. The van der Waals surface area contributed by atoms with Crippen LogP contribution in [0.5, 0.6) is 5.75 Å². The highest BCUT2D eigenvalue weighted by Crippen LogP contribution is 2.63. The van der Waals surface area contributed by atoms with E-state index in [0.29, 0.717) is 34.9 Å². The van der Waals surface area contributed by atoms with E-state index in [1.807, 2.05) is 37.3 Å². The van der Waals surface area contributed by atoms with Gasteiger partial charge < -0.3 is 14.8 Å². The quantitative estimate of drug-likeness (QED) is 0.362. The summed E-state index contributed by atoms with van der Waals surface area (Å²) >= 11 is 1.59. The lowest BCUT2D eigenvalue weighted by atomic mass is 9.54. The van der Waals surface area contributed by atoms with E-state index < -0.39 is 0 Å². The molecule has 5 nitrogen and oxygen atoms in total. The van der Waals surface area contributed by atoms with Crippen LogP contribution in [-0.2, 0) is 34.2 Å². The molecule has 1 aromatic heterocycles. The summed E-state index contributed by atoms with van der Waals surface area (Å²) in [6.45, 7) is 4.50. The topological polar surface area (TPSA) is 64.6 Å². The number of esters is 1. The lowest BCUT2D eigenvalue weighted by molar-refractivity contribution is -0.115. The average Bonchev–Trinajstić information content (AvgIpc) is 3.42. The fraction of sp³-hybridized carbons (Fsp3) is 0.438. The largest absolute Gasteiger partial charge is 0.497 e. The van der Waals surface area contributed by atoms with E-state index in [0.717, 1.165) is 49.0 Å². The Kier molecular flexibility index (Phi) is 6.55. The molecule has 4 atom stereocenters. The van der Waals surface area contributed by atoms with E-state index >= 15 is 0 Å². The van der Waals surface area contributed by atoms with Crippen LogP contribution in [0.15, 0.2) is 48.5 Å². The number of aryl methyl sites for hydroxylation is 1. The summed E-state index contributed by atoms with van der Waals surface area (Å²) in [5.74, 6) is 2.14. The second-order valence-corrected chi connectivity index (χ2v) is 12.3. The Morgan fingerprint density at radius 1 is 1.13 bits per heavy atom. The maximum absolute atomic E-state index is 13.4. The highest BCUT2D eigenvalue weighted by molar-refractivity contribution is 7.17. The van der Waals surface area contributed by atoms with Gasteiger partial charge in [0.15, 0.2) is 0 Å². The van der Waals surface area contributed by atoms with Crippen LogP contribution >= 0.6 is 11.3 Å². The van der Waals surface area contributed by atoms with Gasteiger partial charge >= 0.3 is 5.97 Å². The van der Waals surface area contributed by atoms with Crippen LogP contribution in [0.25, 0.3) is 0 Å². The van der Waals surface area contributed by atoms with Crippen LogP contribution in [0.3, 0.4) is 0 Å². The van der Waals surface area contributed by atoms with Crippen LogP contribution in [0, 0.1) is 11.8 Å². The van der Waals surface area contributed by atoms with Gasteiger partial charge in [0.05, 0.1) is 25.7 Å². The Labute approximate surface area is 228 Å². The lowest BCUT2D eigenvalue weighted by Gasteiger charge is -2.49. The standard InChI is InChI=1S/C32H35NO4S/c1-4-37-31(35)28-29-26(38-30(28)33-27(34)16-19-8-6-5-7-9-19)18-25-24-12-10-20-17-21(36-3)11-13-22(20)23(24)14-15-32(25,29)2/h5-9,11,13,17,23-25H,4,10,12,14-16,18H2,1-3H3,(H,33,34)/t23-,24-,25+,32-/m1/s1. The molecule has 1 N–H and O–H groups in total. The highest BCUT2D eigenvalue weighted by atomic mass is 32.1. The molecular weight excluding hydrogens is 494 g/mol. The minimum atomic E-state index is -0.315. The Morgan fingerprint density at radius 2 is 1.95 bits per heavy atom. The minimum absolute atomic E-state index is 0.0958. The molecule has 2 aromatic carbocycles. The number of hydrogen-bond acceptors (Lipinski definition) is 5. The van der Waals surface area contributed by atoms with Gasteiger partial charge in [0, 0.05) is 4.88 Å². The van der Waals surface area contributed by atoms with Crippen molar-refractivity contribution in [2.75, 3.05) is 19.0 Å². The third kappa shape index (κ3) is 4.14. The number of nitrogens with one attached hydrogen (secondary N) is 1. The maximum atomic E-state index is 13.4. The van der Waals surface area contributed by atoms with Crippen molar-refractivity contribution in [2.24, 2.45) is 11.8 Å². The van der Waals surface area contributed by atoms with E-state index in [-0.39, 0.29) is 23.7 Å².